The zero-order valence-electron chi connectivity index (χ0n) is 48.1. The Kier molecular flexibility index (Phi) is 26.9. The molecule has 15 N–H and O–H groups in total. The first-order valence-corrected chi connectivity index (χ1v) is 27.8. The summed E-state index contributed by atoms with van der Waals surface area (Å²) in [5.74, 6) is -8.80. The van der Waals surface area contributed by atoms with Crippen molar-refractivity contribution >= 4 is 75.9 Å². The van der Waals surface area contributed by atoms with Crippen LogP contribution in [0.4, 0.5) is 4.39 Å². The third kappa shape index (κ3) is 22.3. The number of hydrogen-bond donors (Lipinski definition) is 13. The lowest BCUT2D eigenvalue weighted by atomic mass is 10.0. The number of amides is 11. The van der Waals surface area contributed by atoms with E-state index in [0.29, 0.717) is 30.5 Å². The number of rotatable bonds is 35. The molecular weight excluding hydrogens is 1090 g/mol. The van der Waals surface area contributed by atoms with Crippen LogP contribution in [0.2, 0.25) is 0 Å². The van der Waals surface area contributed by atoms with E-state index in [2.05, 4.69) is 62.8 Å². The van der Waals surface area contributed by atoms with Gasteiger partial charge < -0.3 is 69.3 Å². The average Bonchev–Trinajstić information content (AvgIpc) is 4.35. The van der Waals surface area contributed by atoms with Gasteiger partial charge in [0.05, 0.1) is 18.4 Å². The Bertz CT molecular complexity index is 2990. The van der Waals surface area contributed by atoms with Crippen molar-refractivity contribution in [1.82, 2.24) is 62.8 Å². The summed E-state index contributed by atoms with van der Waals surface area (Å²) < 4.78 is 13.7. The number of para-hydroxylation sites is 1. The normalized spacial score (nSPS) is 13.6. The smallest absolute Gasteiger partial charge is 0.251 e. The first-order valence-electron chi connectivity index (χ1n) is 27.8. The molecule has 7 atom stereocenters. The number of fused-ring (bicyclic) bond motifs is 1. The fourth-order valence-electron chi connectivity index (χ4n) is 8.80. The van der Waals surface area contributed by atoms with Crippen molar-refractivity contribution in [3.8, 4) is 6.07 Å². The molecule has 2 aromatic carbocycles. The van der Waals surface area contributed by atoms with Gasteiger partial charge >= 0.3 is 0 Å². The number of nitrogens with zero attached hydrogens (tertiary/aromatic N) is 2. The summed E-state index contributed by atoms with van der Waals surface area (Å²) in [6, 6.07) is 4.41. The summed E-state index contributed by atoms with van der Waals surface area (Å²) in [5, 5.41) is 33.6. The highest BCUT2D eigenvalue weighted by Gasteiger charge is 2.33. The molecule has 84 heavy (non-hydrogen) atoms. The van der Waals surface area contributed by atoms with Gasteiger partial charge in [-0.25, -0.2) is 9.37 Å². The highest BCUT2D eigenvalue weighted by Crippen LogP contribution is 2.20. The summed E-state index contributed by atoms with van der Waals surface area (Å²) in [6.45, 7) is 9.72. The van der Waals surface area contributed by atoms with Gasteiger partial charge in [-0.2, -0.15) is 5.26 Å². The maximum absolute atomic E-state index is 14.2. The number of carbonyl (C=O) groups is 11. The predicted octanol–water partition coefficient (Wildman–Crippen LogP) is 0.460. The number of imidazole rings is 1. The van der Waals surface area contributed by atoms with Gasteiger partial charge in [-0.3, -0.25) is 52.7 Å². The average molecular weight is 1170 g/mol. The summed E-state index contributed by atoms with van der Waals surface area (Å²) in [6.07, 6.45) is 5.24. The Balaban J connectivity index is 1.38. The molecule has 0 unspecified atom stereocenters. The van der Waals surface area contributed by atoms with E-state index < -0.39 is 126 Å². The molecule has 4 aromatic rings. The Morgan fingerprint density at radius 3 is 2.00 bits per heavy atom. The van der Waals surface area contributed by atoms with Gasteiger partial charge in [0, 0.05) is 79.2 Å². The van der Waals surface area contributed by atoms with Crippen molar-refractivity contribution in [3.05, 3.63) is 89.4 Å². The van der Waals surface area contributed by atoms with Gasteiger partial charge in [0.1, 0.15) is 48.1 Å². The second-order valence-electron chi connectivity index (χ2n) is 21.2. The van der Waals surface area contributed by atoms with E-state index in [-0.39, 0.29) is 75.0 Å². The number of benzene rings is 2. The molecule has 454 valence electrons. The van der Waals surface area contributed by atoms with E-state index in [1.807, 2.05) is 19.9 Å². The summed E-state index contributed by atoms with van der Waals surface area (Å²) in [5.41, 5.74) is 12.5. The van der Waals surface area contributed by atoms with E-state index in [0.717, 1.165) is 23.0 Å². The van der Waals surface area contributed by atoms with Gasteiger partial charge in [-0.05, 0) is 87.1 Å². The fraction of sp³-hybridized carbons (Fsp3) is 0.491. The fourth-order valence-corrected chi connectivity index (χ4v) is 8.80. The van der Waals surface area contributed by atoms with Crippen LogP contribution in [0.3, 0.4) is 0 Å². The largest absolute Gasteiger partial charge is 0.370 e. The van der Waals surface area contributed by atoms with Gasteiger partial charge in [-0.1, -0.05) is 52.8 Å². The zero-order chi connectivity index (χ0) is 62.0. The molecule has 0 radical (unpaired) electrons. The number of aromatic amines is 2. The molecule has 11 amide bonds. The number of H-pyrrole nitrogens is 2. The number of carbonyl (C=O) groups excluding carboxylic acids is 11. The van der Waals surface area contributed by atoms with Crippen molar-refractivity contribution in [2.45, 2.75) is 154 Å². The van der Waals surface area contributed by atoms with Crippen LogP contribution in [0, 0.1) is 29.0 Å². The van der Waals surface area contributed by atoms with Crippen LogP contribution in [-0.4, -0.2) is 135 Å². The minimum atomic E-state index is -1.38. The van der Waals surface area contributed by atoms with Crippen LogP contribution < -0.4 is 59.3 Å². The van der Waals surface area contributed by atoms with E-state index in [4.69, 9.17) is 16.7 Å². The molecule has 26 nitrogen and oxygen atoms in total. The van der Waals surface area contributed by atoms with E-state index in [9.17, 15) is 57.1 Å². The van der Waals surface area contributed by atoms with Crippen LogP contribution in [0.5, 0.6) is 0 Å². The lowest BCUT2D eigenvalue weighted by Gasteiger charge is -2.26. The lowest BCUT2D eigenvalue weighted by molar-refractivity contribution is -0.135. The molecule has 0 aliphatic heterocycles. The standard InChI is InChI=1S/C57H78FN15O11/c1-7-37(16-20-48(76)70-43(51(61)78)22-31(2)3)68-56(83)45(25-38-28-62-30-66-38)71-49(77)29-65-57(84)50(32(4)5)73-52(79)33(6)67-55(82)44(24-36-27-64-41-13-9-8-12-39(36)41)72-54(81)42(18-19-46(60)74)69-47(75)14-10-11-21-63-53(80)34-15-17-40(58)35(23-34)26-59/h8-9,12-13,15,17,23,27-28,30-33,37,42-45,50,64H,7,10-11,14,16,18-22,24-25,29H2,1-6H3,(H2,60,74)(H2,61,78)(H,62,66)(H,63,80)(H,65,84)(H,67,82)(H,68,83)(H,69,75)(H,70,76)(H,71,77)(H,72,81)(H,73,79)/t33-,37-,42-,43-,44-,45-,50-/m0/s1. The number of halogens is 1. The number of aromatic nitrogens is 3. The third-order valence-electron chi connectivity index (χ3n) is 13.5. The third-order valence-corrected chi connectivity index (χ3v) is 13.5. The van der Waals surface area contributed by atoms with Gasteiger partial charge in [0.15, 0.2) is 0 Å². The number of nitrogens with two attached hydrogens (primary N) is 2. The summed E-state index contributed by atoms with van der Waals surface area (Å²) in [7, 11) is 0. The Morgan fingerprint density at radius 2 is 1.35 bits per heavy atom. The molecule has 27 heteroatoms. The maximum atomic E-state index is 14.2. The second kappa shape index (κ2) is 33.6. The van der Waals surface area contributed by atoms with Crippen molar-refractivity contribution in [3.63, 3.8) is 0 Å². The highest BCUT2D eigenvalue weighted by molar-refractivity contribution is 5.98. The highest BCUT2D eigenvalue weighted by atomic mass is 19.1. The Labute approximate surface area is 485 Å². The number of primary amides is 2. The number of nitrogens with one attached hydrogen (secondary N) is 11. The van der Waals surface area contributed by atoms with Crippen LogP contribution >= 0.6 is 0 Å². The number of hydrogen-bond acceptors (Lipinski definition) is 13. The molecule has 4 rings (SSSR count). The number of unbranched alkanes of at least 4 members (excludes halogenated alkanes) is 1. The first kappa shape index (κ1) is 67.3. The second-order valence-corrected chi connectivity index (χ2v) is 21.2. The lowest BCUT2D eigenvalue weighted by Crippen LogP contribution is -2.59. The molecule has 0 bridgehead atoms. The quantitative estimate of drug-likeness (QED) is 0.0279. The molecule has 2 aromatic heterocycles. The minimum absolute atomic E-state index is 0.0213. The summed E-state index contributed by atoms with van der Waals surface area (Å²) >= 11 is 0. The predicted molar refractivity (Wildman–Crippen MR) is 305 cm³/mol. The monoisotopic (exact) mass is 1170 g/mol. The number of nitriles is 1. The molecule has 0 aliphatic carbocycles. The molecule has 0 saturated carbocycles. The van der Waals surface area contributed by atoms with Gasteiger partial charge in [0.2, 0.25) is 59.1 Å². The molecule has 2 heterocycles. The Hall–Kier alpha value is -9.22. The van der Waals surface area contributed by atoms with Crippen molar-refractivity contribution in [2.75, 3.05) is 13.1 Å². The van der Waals surface area contributed by atoms with Crippen LogP contribution in [0.25, 0.3) is 10.9 Å². The SMILES string of the molecule is CC[C@@H](CCC(=O)N[C@@H](CC(C)C)C(N)=O)NC(=O)[C@H](Cc1cnc[nH]1)NC(=O)CNC(=O)[C@@H](NC(=O)[C@H](C)NC(=O)[C@H](Cc1c[nH]c2ccccc12)NC(=O)[C@H](CCC(N)=O)NC(=O)CCCCNC(=O)c1ccc(F)c(C#N)c1)C(C)C. The van der Waals surface area contributed by atoms with Gasteiger partial charge in [-0.15, -0.1) is 0 Å². The van der Waals surface area contributed by atoms with E-state index in [1.165, 1.54) is 25.5 Å². The zero-order valence-corrected chi connectivity index (χ0v) is 48.1. The minimum Gasteiger partial charge on any atom is -0.370 e. The molecule has 0 spiro atoms. The van der Waals surface area contributed by atoms with Crippen molar-refractivity contribution in [1.29, 1.82) is 5.26 Å². The molecule has 0 fully saturated rings. The molecule has 0 saturated heterocycles. The van der Waals surface area contributed by atoms with E-state index >= 15 is 0 Å². The molecule has 0 aliphatic rings. The topological polar surface area (TPSA) is 416 Å². The maximum Gasteiger partial charge on any atom is 0.251 e. The van der Waals surface area contributed by atoms with Crippen LogP contribution in [-0.2, 0) is 60.8 Å². The van der Waals surface area contributed by atoms with Gasteiger partial charge in [0.25, 0.3) is 5.91 Å². The Morgan fingerprint density at radius 1 is 0.679 bits per heavy atom. The van der Waals surface area contributed by atoms with Crippen molar-refractivity contribution in [2.24, 2.45) is 23.3 Å². The van der Waals surface area contributed by atoms with Crippen LogP contribution in [0.1, 0.15) is 127 Å². The summed E-state index contributed by atoms with van der Waals surface area (Å²) in [4.78, 5) is 155. The first-order chi connectivity index (χ1) is 39.9. The van der Waals surface area contributed by atoms with Crippen LogP contribution in [0.15, 0.2) is 61.2 Å². The molecular formula is C57H78FN15O11. The van der Waals surface area contributed by atoms with E-state index in [1.54, 1.807) is 51.2 Å². The van der Waals surface area contributed by atoms with Crippen molar-refractivity contribution < 1.29 is 57.1 Å².